The molecule has 0 atom stereocenters. The molecular formula is C31H31BrF3N5O. The molecule has 0 unspecified atom stereocenters. The largest absolute Gasteiger partial charge is 0.418 e. The van der Waals surface area contributed by atoms with Crippen molar-refractivity contribution in [1.82, 2.24) is 19.4 Å². The van der Waals surface area contributed by atoms with Crippen molar-refractivity contribution in [1.29, 1.82) is 0 Å². The Bertz CT molecular complexity index is 1540. The molecule has 4 aromatic rings. The van der Waals surface area contributed by atoms with E-state index in [9.17, 15) is 18.0 Å². The lowest BCUT2D eigenvalue weighted by molar-refractivity contribution is -0.138. The Morgan fingerprint density at radius 3 is 2.32 bits per heavy atom. The fraction of sp³-hybridized carbons (Fsp3) is 0.355. The first-order valence-corrected chi connectivity index (χ1v) is 14.7. The molecule has 0 N–H and O–H groups in total. The Morgan fingerprint density at radius 2 is 1.59 bits per heavy atom. The van der Waals surface area contributed by atoms with Crippen LogP contribution >= 0.6 is 15.9 Å². The summed E-state index contributed by atoms with van der Waals surface area (Å²) in [5.74, 6) is 1.02. The van der Waals surface area contributed by atoms with Gasteiger partial charge < -0.3 is 9.80 Å². The van der Waals surface area contributed by atoms with Crippen LogP contribution in [0.5, 0.6) is 0 Å². The number of para-hydroxylation sites is 3. The molecule has 3 heterocycles. The second-order valence-corrected chi connectivity index (χ2v) is 11.6. The highest BCUT2D eigenvalue weighted by atomic mass is 79.9. The Kier molecular flexibility index (Phi) is 7.78. The van der Waals surface area contributed by atoms with Gasteiger partial charge in [0.2, 0.25) is 5.91 Å². The zero-order valence-electron chi connectivity index (χ0n) is 22.5. The van der Waals surface area contributed by atoms with Gasteiger partial charge in [0.15, 0.2) is 0 Å². The van der Waals surface area contributed by atoms with Crippen molar-refractivity contribution in [2.45, 2.75) is 25.6 Å². The number of rotatable bonds is 5. The number of fused-ring (bicyclic) bond motifs is 1. The van der Waals surface area contributed by atoms with Crippen LogP contribution in [0.4, 0.5) is 18.9 Å². The zero-order valence-corrected chi connectivity index (χ0v) is 24.1. The average Bonchev–Trinajstić information content (AvgIpc) is 3.34. The number of halogens is 4. The number of imidazole rings is 1. The summed E-state index contributed by atoms with van der Waals surface area (Å²) < 4.78 is 43.7. The van der Waals surface area contributed by atoms with E-state index >= 15 is 0 Å². The first-order valence-electron chi connectivity index (χ1n) is 13.9. The van der Waals surface area contributed by atoms with Crippen molar-refractivity contribution in [3.63, 3.8) is 0 Å². The van der Waals surface area contributed by atoms with Gasteiger partial charge in [-0.15, -0.1) is 0 Å². The normalized spacial score (nSPS) is 17.4. The number of hydrogen-bond donors (Lipinski definition) is 0. The van der Waals surface area contributed by atoms with Crippen molar-refractivity contribution in [3.8, 4) is 5.69 Å². The maximum Gasteiger partial charge on any atom is 0.418 e. The minimum absolute atomic E-state index is 0.0656. The van der Waals surface area contributed by atoms with Gasteiger partial charge >= 0.3 is 6.18 Å². The minimum atomic E-state index is -4.40. The highest BCUT2D eigenvalue weighted by molar-refractivity contribution is 9.10. The number of benzene rings is 3. The molecule has 0 aliphatic carbocycles. The molecule has 0 radical (unpaired) electrons. The number of amides is 1. The third-order valence-electron chi connectivity index (χ3n) is 8.14. The summed E-state index contributed by atoms with van der Waals surface area (Å²) in [7, 11) is 0. The molecular weight excluding hydrogens is 595 g/mol. The molecule has 2 saturated heterocycles. The summed E-state index contributed by atoms with van der Waals surface area (Å²) in [5.41, 5.74) is 2.62. The zero-order chi connectivity index (χ0) is 28.6. The van der Waals surface area contributed by atoms with Crippen LogP contribution in [-0.4, -0.2) is 64.5 Å². The van der Waals surface area contributed by atoms with E-state index in [0.29, 0.717) is 32.7 Å². The van der Waals surface area contributed by atoms with Crippen LogP contribution in [0, 0.1) is 5.92 Å². The number of alkyl halides is 3. The summed E-state index contributed by atoms with van der Waals surface area (Å²) in [6.07, 6.45) is -2.89. The fourth-order valence-electron chi connectivity index (χ4n) is 6.04. The predicted molar refractivity (Wildman–Crippen MR) is 157 cm³/mol. The van der Waals surface area contributed by atoms with Crippen LogP contribution in [0.3, 0.4) is 0 Å². The van der Waals surface area contributed by atoms with Crippen LogP contribution in [0.1, 0.15) is 24.2 Å². The first kappa shape index (κ1) is 27.8. The van der Waals surface area contributed by atoms with Gasteiger partial charge in [-0.05, 0) is 68.4 Å². The van der Waals surface area contributed by atoms with E-state index in [0.717, 1.165) is 59.0 Å². The number of aromatic nitrogens is 2. The van der Waals surface area contributed by atoms with E-state index in [1.807, 2.05) is 35.2 Å². The Hall–Kier alpha value is -3.37. The van der Waals surface area contributed by atoms with Crippen molar-refractivity contribution < 1.29 is 18.0 Å². The van der Waals surface area contributed by atoms with E-state index in [2.05, 4.69) is 43.6 Å². The summed E-state index contributed by atoms with van der Waals surface area (Å²) in [5, 5.41) is 0. The third kappa shape index (κ3) is 5.85. The second kappa shape index (κ2) is 11.5. The van der Waals surface area contributed by atoms with Gasteiger partial charge in [-0.3, -0.25) is 14.3 Å². The lowest BCUT2D eigenvalue weighted by atomic mass is 9.95. The molecule has 1 aromatic heterocycles. The molecule has 0 saturated carbocycles. The van der Waals surface area contributed by atoms with Crippen LogP contribution in [0.2, 0.25) is 0 Å². The molecule has 6 rings (SSSR count). The fourth-order valence-corrected chi connectivity index (χ4v) is 6.43. The minimum Gasteiger partial charge on any atom is -0.367 e. The number of likely N-dealkylation sites (tertiary alicyclic amines) is 1. The van der Waals surface area contributed by atoms with Gasteiger partial charge in [-0.1, -0.05) is 46.3 Å². The topological polar surface area (TPSA) is 44.6 Å². The molecule has 3 aromatic carbocycles. The summed E-state index contributed by atoms with van der Waals surface area (Å²) in [6, 6.07) is 22.0. The molecule has 2 aliphatic heterocycles. The van der Waals surface area contributed by atoms with E-state index < -0.39 is 11.7 Å². The van der Waals surface area contributed by atoms with Gasteiger partial charge in [-0.25, -0.2) is 4.98 Å². The number of carbonyl (C=O) groups excluding carboxylic acids is 1. The smallest absolute Gasteiger partial charge is 0.367 e. The maximum atomic E-state index is 13.5. The quantitative estimate of drug-likeness (QED) is 0.259. The highest BCUT2D eigenvalue weighted by Gasteiger charge is 2.36. The number of hydrogen-bond acceptors (Lipinski definition) is 4. The Labute approximate surface area is 245 Å². The van der Waals surface area contributed by atoms with Crippen LogP contribution in [-0.2, 0) is 17.5 Å². The van der Waals surface area contributed by atoms with Gasteiger partial charge in [0.1, 0.15) is 5.82 Å². The number of nitrogens with zero attached hydrogens (tertiary/aromatic N) is 5. The standard InChI is InChI=1S/C31H31BrF3N5O/c32-23-6-5-7-24(20-23)40-28-11-4-2-9-26(28)36-29(40)21-37-14-12-22(13-15-37)30(41)39-18-16-38(17-19-39)27-10-3-1-8-25(27)31(33,34)35/h1-11,20,22H,12-19,21H2. The first-order chi connectivity index (χ1) is 19.8. The Balaban J connectivity index is 1.08. The SMILES string of the molecule is O=C(C1CCN(Cc2nc3ccccc3n2-c2cccc(Br)c2)CC1)N1CCN(c2ccccc2C(F)(F)F)CC1. The van der Waals surface area contributed by atoms with E-state index in [-0.39, 0.29) is 17.5 Å². The molecule has 0 spiro atoms. The second-order valence-electron chi connectivity index (χ2n) is 10.7. The molecule has 2 aliphatic rings. The van der Waals surface area contributed by atoms with Crippen molar-refractivity contribution in [3.05, 3.63) is 88.7 Å². The molecule has 6 nitrogen and oxygen atoms in total. The number of piperidine rings is 1. The summed E-state index contributed by atoms with van der Waals surface area (Å²) in [4.78, 5) is 24.2. The van der Waals surface area contributed by atoms with Crippen LogP contribution < -0.4 is 4.90 Å². The third-order valence-corrected chi connectivity index (χ3v) is 8.63. The summed E-state index contributed by atoms with van der Waals surface area (Å²) >= 11 is 3.59. The molecule has 41 heavy (non-hydrogen) atoms. The summed E-state index contributed by atoms with van der Waals surface area (Å²) in [6.45, 7) is 3.91. The van der Waals surface area contributed by atoms with Gasteiger partial charge in [0.25, 0.3) is 0 Å². The number of carbonyl (C=O) groups is 1. The molecule has 214 valence electrons. The Morgan fingerprint density at radius 1 is 0.878 bits per heavy atom. The van der Waals surface area contributed by atoms with Gasteiger partial charge in [0.05, 0.1) is 23.1 Å². The average molecular weight is 627 g/mol. The number of anilines is 1. The van der Waals surface area contributed by atoms with Gasteiger partial charge in [-0.2, -0.15) is 13.2 Å². The highest BCUT2D eigenvalue weighted by Crippen LogP contribution is 2.37. The predicted octanol–water partition coefficient (Wildman–Crippen LogP) is 6.37. The molecule has 0 bridgehead atoms. The molecule has 10 heteroatoms. The van der Waals surface area contributed by atoms with Crippen LogP contribution in [0.25, 0.3) is 16.7 Å². The van der Waals surface area contributed by atoms with E-state index in [1.165, 1.54) is 12.1 Å². The van der Waals surface area contributed by atoms with Crippen molar-refractivity contribution in [2.24, 2.45) is 5.92 Å². The lowest BCUT2D eigenvalue weighted by Gasteiger charge is -2.40. The van der Waals surface area contributed by atoms with Crippen molar-refractivity contribution >= 4 is 38.6 Å². The molecule has 2 fully saturated rings. The maximum absolute atomic E-state index is 13.5. The van der Waals surface area contributed by atoms with E-state index in [1.54, 1.807) is 11.0 Å². The van der Waals surface area contributed by atoms with Crippen molar-refractivity contribution in [2.75, 3.05) is 44.2 Å². The monoisotopic (exact) mass is 625 g/mol. The van der Waals surface area contributed by atoms with E-state index in [4.69, 9.17) is 4.98 Å². The van der Waals surface area contributed by atoms with Crippen LogP contribution in [0.15, 0.2) is 77.3 Å². The lowest BCUT2D eigenvalue weighted by Crippen LogP contribution is -2.52. The molecule has 1 amide bonds. The number of piperazine rings is 1. The van der Waals surface area contributed by atoms with Gasteiger partial charge in [0, 0.05) is 47.9 Å².